The highest BCUT2D eigenvalue weighted by molar-refractivity contribution is 7.26. The molecular weight excluding hydrogens is 559 g/mol. The largest absolute Gasteiger partial charge is 0.310 e. The molecule has 0 saturated carbocycles. The molecule has 2 heterocycles. The highest BCUT2D eigenvalue weighted by Gasteiger charge is 2.18. The predicted molar refractivity (Wildman–Crippen MR) is 190 cm³/mol. The third-order valence-corrected chi connectivity index (χ3v) is 10.8. The van der Waals surface area contributed by atoms with Gasteiger partial charge in [-0.2, -0.15) is 0 Å². The summed E-state index contributed by atoms with van der Waals surface area (Å²) >= 11 is 3.73. The van der Waals surface area contributed by atoms with Crippen LogP contribution in [0.5, 0.6) is 0 Å². The zero-order chi connectivity index (χ0) is 28.3. The van der Waals surface area contributed by atoms with Crippen molar-refractivity contribution in [3.8, 4) is 11.1 Å². The van der Waals surface area contributed by atoms with Crippen LogP contribution in [-0.2, 0) is 0 Å². The molecule has 0 radical (unpaired) electrons. The van der Waals surface area contributed by atoms with Crippen LogP contribution in [0.2, 0.25) is 0 Å². The number of fused-ring (bicyclic) bond motifs is 7. The number of hydrogen-bond donors (Lipinski definition) is 0. The maximum Gasteiger partial charge on any atom is 0.0540 e. The van der Waals surface area contributed by atoms with Crippen LogP contribution in [0.4, 0.5) is 17.1 Å². The summed E-state index contributed by atoms with van der Waals surface area (Å²) in [7, 11) is 0. The fraction of sp³-hybridized carbons (Fsp3) is 0. The number of hydrogen-bond acceptors (Lipinski definition) is 3. The Morgan fingerprint density at radius 1 is 0.349 bits per heavy atom. The lowest BCUT2D eigenvalue weighted by molar-refractivity contribution is 1.30. The Bertz CT molecular complexity index is 2470. The van der Waals surface area contributed by atoms with E-state index >= 15 is 0 Å². The monoisotopic (exact) mass is 583 g/mol. The zero-order valence-electron chi connectivity index (χ0n) is 23.2. The fourth-order valence-corrected chi connectivity index (χ4v) is 8.71. The van der Waals surface area contributed by atoms with E-state index in [0.29, 0.717) is 0 Å². The predicted octanol–water partition coefficient (Wildman–Crippen LogP) is 12.7. The molecule has 2 aromatic heterocycles. The van der Waals surface area contributed by atoms with Crippen molar-refractivity contribution in [2.45, 2.75) is 0 Å². The molecule has 1 nitrogen and oxygen atoms in total. The summed E-state index contributed by atoms with van der Waals surface area (Å²) in [5.41, 5.74) is 5.98. The van der Waals surface area contributed by atoms with Crippen molar-refractivity contribution in [3.05, 3.63) is 152 Å². The minimum atomic E-state index is 1.15. The quantitative estimate of drug-likeness (QED) is 0.199. The number of para-hydroxylation sites is 1. The summed E-state index contributed by atoms with van der Waals surface area (Å²) in [6.07, 6.45) is 0. The molecule has 0 fully saturated rings. The van der Waals surface area contributed by atoms with Gasteiger partial charge in [-0.25, -0.2) is 0 Å². The molecule has 0 saturated heterocycles. The Hall–Kier alpha value is -4.96. The van der Waals surface area contributed by atoms with E-state index in [2.05, 4.69) is 157 Å². The van der Waals surface area contributed by atoms with Crippen molar-refractivity contribution in [1.82, 2.24) is 0 Å². The number of thiophene rings is 2. The van der Waals surface area contributed by atoms with E-state index < -0.39 is 0 Å². The molecule has 202 valence electrons. The van der Waals surface area contributed by atoms with E-state index in [4.69, 9.17) is 0 Å². The minimum absolute atomic E-state index is 1.15. The first-order valence-electron chi connectivity index (χ1n) is 14.5. The second kappa shape index (κ2) is 9.81. The van der Waals surface area contributed by atoms with Crippen molar-refractivity contribution in [2.24, 2.45) is 0 Å². The lowest BCUT2D eigenvalue weighted by Gasteiger charge is -2.27. The summed E-state index contributed by atoms with van der Waals surface area (Å²) in [4.78, 5) is 2.41. The maximum absolute atomic E-state index is 2.41. The van der Waals surface area contributed by atoms with Gasteiger partial charge in [0.15, 0.2) is 0 Å². The summed E-state index contributed by atoms with van der Waals surface area (Å²) < 4.78 is 5.30. The van der Waals surface area contributed by atoms with Crippen molar-refractivity contribution in [3.63, 3.8) is 0 Å². The lowest BCUT2D eigenvalue weighted by Crippen LogP contribution is -2.10. The Balaban J connectivity index is 1.25. The van der Waals surface area contributed by atoms with Gasteiger partial charge in [0.25, 0.3) is 0 Å². The molecular formula is C40H25NS2. The number of anilines is 3. The topological polar surface area (TPSA) is 3.24 Å². The van der Waals surface area contributed by atoms with E-state index in [9.17, 15) is 0 Å². The molecule has 0 spiro atoms. The Morgan fingerprint density at radius 3 is 1.74 bits per heavy atom. The van der Waals surface area contributed by atoms with Gasteiger partial charge in [-0.15, -0.1) is 22.7 Å². The van der Waals surface area contributed by atoms with Crippen molar-refractivity contribution in [1.29, 1.82) is 0 Å². The van der Waals surface area contributed by atoms with Crippen LogP contribution >= 0.6 is 22.7 Å². The Morgan fingerprint density at radius 2 is 0.953 bits per heavy atom. The molecule has 7 aromatic carbocycles. The molecule has 0 bridgehead atoms. The van der Waals surface area contributed by atoms with Gasteiger partial charge >= 0.3 is 0 Å². The summed E-state index contributed by atoms with van der Waals surface area (Å²) in [5.74, 6) is 0. The van der Waals surface area contributed by atoms with Gasteiger partial charge in [0.05, 0.1) is 5.69 Å². The van der Waals surface area contributed by atoms with Crippen LogP contribution in [0.3, 0.4) is 0 Å². The average Bonchev–Trinajstić information content (AvgIpc) is 3.63. The fourth-order valence-electron chi connectivity index (χ4n) is 6.48. The molecule has 0 aliphatic heterocycles. The number of benzene rings is 7. The van der Waals surface area contributed by atoms with Crippen molar-refractivity contribution < 1.29 is 0 Å². The van der Waals surface area contributed by atoms with Gasteiger partial charge in [-0.1, -0.05) is 97.1 Å². The molecule has 9 rings (SSSR count). The van der Waals surface area contributed by atoms with Gasteiger partial charge in [0.2, 0.25) is 0 Å². The van der Waals surface area contributed by atoms with Gasteiger partial charge in [0.1, 0.15) is 0 Å². The van der Waals surface area contributed by atoms with E-state index in [1.807, 2.05) is 22.7 Å². The van der Waals surface area contributed by atoms with E-state index in [1.165, 1.54) is 67.9 Å². The minimum Gasteiger partial charge on any atom is -0.310 e. The molecule has 43 heavy (non-hydrogen) atoms. The average molecular weight is 584 g/mol. The smallest absolute Gasteiger partial charge is 0.0540 e. The van der Waals surface area contributed by atoms with Gasteiger partial charge in [-0.05, 0) is 71.1 Å². The Labute approximate surface area is 257 Å². The molecule has 0 aliphatic rings. The van der Waals surface area contributed by atoms with Crippen LogP contribution in [-0.4, -0.2) is 0 Å². The van der Waals surface area contributed by atoms with E-state index in [-0.39, 0.29) is 0 Å². The number of nitrogens with zero attached hydrogens (tertiary/aromatic N) is 1. The third-order valence-electron chi connectivity index (χ3n) is 8.46. The second-order valence-electron chi connectivity index (χ2n) is 10.9. The van der Waals surface area contributed by atoms with Gasteiger partial charge < -0.3 is 4.90 Å². The van der Waals surface area contributed by atoms with Gasteiger partial charge in [0, 0.05) is 57.1 Å². The normalized spacial score (nSPS) is 11.7. The lowest BCUT2D eigenvalue weighted by atomic mass is 9.95. The molecule has 0 N–H and O–H groups in total. The summed E-state index contributed by atoms with van der Waals surface area (Å²) in [6.45, 7) is 0. The first-order chi connectivity index (χ1) is 21.3. The second-order valence-corrected chi connectivity index (χ2v) is 13.1. The molecule has 3 heteroatoms. The summed E-state index contributed by atoms with van der Waals surface area (Å²) in [5, 5.41) is 7.78. The van der Waals surface area contributed by atoms with Crippen molar-refractivity contribution >= 4 is 90.9 Å². The van der Waals surface area contributed by atoms with E-state index in [1.54, 1.807) is 0 Å². The molecule has 9 aromatic rings. The van der Waals surface area contributed by atoms with Crippen LogP contribution < -0.4 is 4.90 Å². The first kappa shape index (κ1) is 24.6. The SMILES string of the molecule is c1ccc(N(c2ccc3c(c2)sc2ccccc23)c2ccc(-c3ccc4sc5ccccc5c4c3)c3ccccc23)cc1. The first-order valence-corrected chi connectivity index (χ1v) is 16.1. The molecule has 0 aliphatic carbocycles. The van der Waals surface area contributed by atoms with Crippen LogP contribution in [0.15, 0.2) is 152 Å². The number of rotatable bonds is 4. The maximum atomic E-state index is 2.41. The van der Waals surface area contributed by atoms with Crippen LogP contribution in [0.25, 0.3) is 62.2 Å². The molecule has 0 amide bonds. The summed E-state index contributed by atoms with van der Waals surface area (Å²) in [6, 6.07) is 55.5. The molecule has 0 atom stereocenters. The van der Waals surface area contributed by atoms with E-state index in [0.717, 1.165) is 11.4 Å². The zero-order valence-corrected chi connectivity index (χ0v) is 24.8. The van der Waals surface area contributed by atoms with Crippen LogP contribution in [0, 0.1) is 0 Å². The Kier molecular flexibility index (Phi) is 5.62. The van der Waals surface area contributed by atoms with Crippen molar-refractivity contribution in [2.75, 3.05) is 4.90 Å². The third kappa shape index (κ3) is 3.97. The molecule has 0 unspecified atom stereocenters. The highest BCUT2D eigenvalue weighted by atomic mass is 32.1. The van der Waals surface area contributed by atoms with Crippen LogP contribution in [0.1, 0.15) is 0 Å². The standard InChI is InChI=1S/C40H25NS2/c1-2-10-27(11-3-1)41(28-19-20-34-32-14-6-8-16-37(32)43-40(34)25-28)36-22-21-29(30-12-4-5-13-31(30)36)26-18-23-39-35(24-26)33-15-7-9-17-38(33)42-39/h1-25H. The van der Waals surface area contributed by atoms with Gasteiger partial charge in [-0.3, -0.25) is 0 Å². The highest BCUT2D eigenvalue weighted by Crippen LogP contribution is 2.45.